The summed E-state index contributed by atoms with van der Waals surface area (Å²) in [5.41, 5.74) is 3.19. The van der Waals surface area contributed by atoms with Gasteiger partial charge in [-0.1, -0.05) is 6.92 Å². The zero-order valence-corrected chi connectivity index (χ0v) is 8.49. The fourth-order valence-corrected chi connectivity index (χ4v) is 1.75. The Labute approximate surface area is 84.4 Å². The lowest BCUT2D eigenvalue weighted by molar-refractivity contribution is 0.111. The molecule has 1 aromatic heterocycles. The maximum absolute atomic E-state index is 10.6. The van der Waals surface area contributed by atoms with Crippen molar-refractivity contribution in [1.82, 2.24) is 4.98 Å². The monoisotopic (exact) mass is 189 g/mol. The van der Waals surface area contributed by atoms with Gasteiger partial charge in [-0.2, -0.15) is 0 Å². The van der Waals surface area contributed by atoms with Crippen LogP contribution in [0.1, 0.15) is 41.4 Å². The normalized spacial score (nSPS) is 15.5. The number of hydrogen-bond donors (Lipinski definition) is 0. The van der Waals surface area contributed by atoms with Gasteiger partial charge in [0.2, 0.25) is 0 Å². The highest BCUT2D eigenvalue weighted by molar-refractivity contribution is 5.72. The second-order valence-electron chi connectivity index (χ2n) is 4.00. The third kappa shape index (κ3) is 2.00. The SMILES string of the molecule is CCc1cnc(C=O)cc1CC1CC1. The third-order valence-corrected chi connectivity index (χ3v) is 2.81. The van der Waals surface area contributed by atoms with Gasteiger partial charge in [0.25, 0.3) is 0 Å². The molecule has 1 saturated carbocycles. The minimum atomic E-state index is 0.567. The van der Waals surface area contributed by atoms with Crippen LogP contribution in [0.3, 0.4) is 0 Å². The van der Waals surface area contributed by atoms with E-state index in [1.165, 1.54) is 24.0 Å². The number of nitrogens with zero attached hydrogens (tertiary/aromatic N) is 1. The minimum absolute atomic E-state index is 0.567. The van der Waals surface area contributed by atoms with Crippen molar-refractivity contribution in [1.29, 1.82) is 0 Å². The molecule has 74 valence electrons. The Hall–Kier alpha value is -1.18. The van der Waals surface area contributed by atoms with Crippen LogP contribution in [0.25, 0.3) is 0 Å². The Morgan fingerprint density at radius 2 is 2.29 bits per heavy atom. The lowest BCUT2D eigenvalue weighted by Gasteiger charge is -2.06. The largest absolute Gasteiger partial charge is 0.296 e. The molecule has 0 unspecified atom stereocenters. The summed E-state index contributed by atoms with van der Waals surface area (Å²) in [7, 11) is 0. The quantitative estimate of drug-likeness (QED) is 0.681. The van der Waals surface area contributed by atoms with Gasteiger partial charge < -0.3 is 0 Å². The van der Waals surface area contributed by atoms with Crippen LogP contribution in [0.15, 0.2) is 12.3 Å². The summed E-state index contributed by atoms with van der Waals surface area (Å²) in [4.78, 5) is 14.7. The highest BCUT2D eigenvalue weighted by atomic mass is 16.1. The molecule has 1 fully saturated rings. The average molecular weight is 189 g/mol. The Morgan fingerprint density at radius 3 is 2.86 bits per heavy atom. The van der Waals surface area contributed by atoms with Crippen molar-refractivity contribution in [3.8, 4) is 0 Å². The molecule has 0 saturated heterocycles. The number of hydrogen-bond acceptors (Lipinski definition) is 2. The summed E-state index contributed by atoms with van der Waals surface area (Å²) in [6, 6.07) is 1.95. The van der Waals surface area contributed by atoms with E-state index in [1.807, 2.05) is 12.3 Å². The minimum Gasteiger partial charge on any atom is -0.296 e. The first-order valence-electron chi connectivity index (χ1n) is 5.26. The van der Waals surface area contributed by atoms with Crippen molar-refractivity contribution < 1.29 is 4.79 Å². The van der Waals surface area contributed by atoms with Crippen molar-refractivity contribution in [3.05, 3.63) is 29.1 Å². The lowest BCUT2D eigenvalue weighted by Crippen LogP contribution is -1.99. The number of rotatable bonds is 4. The van der Waals surface area contributed by atoms with E-state index < -0.39 is 0 Å². The Kier molecular flexibility index (Phi) is 2.62. The number of aldehydes is 1. The number of carbonyl (C=O) groups is 1. The summed E-state index contributed by atoms with van der Waals surface area (Å²) < 4.78 is 0. The molecule has 1 aliphatic carbocycles. The van der Waals surface area contributed by atoms with Gasteiger partial charge in [-0.3, -0.25) is 9.78 Å². The van der Waals surface area contributed by atoms with Gasteiger partial charge in [-0.25, -0.2) is 0 Å². The predicted octanol–water partition coefficient (Wildman–Crippen LogP) is 2.41. The molecule has 0 amide bonds. The molecular weight excluding hydrogens is 174 g/mol. The van der Waals surface area contributed by atoms with Crippen molar-refractivity contribution >= 4 is 6.29 Å². The van der Waals surface area contributed by atoms with Gasteiger partial charge >= 0.3 is 0 Å². The maximum atomic E-state index is 10.6. The first-order valence-corrected chi connectivity index (χ1v) is 5.26. The fraction of sp³-hybridized carbons (Fsp3) is 0.500. The number of aryl methyl sites for hydroxylation is 1. The molecule has 0 atom stereocenters. The number of pyridine rings is 1. The third-order valence-electron chi connectivity index (χ3n) is 2.81. The first-order chi connectivity index (χ1) is 6.83. The molecule has 0 aromatic carbocycles. The molecule has 2 heteroatoms. The molecule has 0 radical (unpaired) electrons. The average Bonchev–Trinajstić information content (AvgIpc) is 3.01. The van der Waals surface area contributed by atoms with Gasteiger partial charge in [0, 0.05) is 6.20 Å². The topological polar surface area (TPSA) is 30.0 Å². The smallest absolute Gasteiger partial charge is 0.168 e. The molecule has 1 aromatic rings. The van der Waals surface area contributed by atoms with Gasteiger partial charge in [0.15, 0.2) is 6.29 Å². The summed E-state index contributed by atoms with van der Waals surface area (Å²) in [6.45, 7) is 2.13. The molecule has 1 aliphatic rings. The summed E-state index contributed by atoms with van der Waals surface area (Å²) in [5.74, 6) is 0.863. The lowest BCUT2D eigenvalue weighted by atomic mass is 10.0. The number of carbonyl (C=O) groups excluding carboxylic acids is 1. The van der Waals surface area contributed by atoms with E-state index in [1.54, 1.807) is 0 Å². The van der Waals surface area contributed by atoms with E-state index in [0.717, 1.165) is 25.0 Å². The van der Waals surface area contributed by atoms with Crippen LogP contribution in [0, 0.1) is 5.92 Å². The van der Waals surface area contributed by atoms with Gasteiger partial charge in [-0.05, 0) is 48.8 Å². The van der Waals surface area contributed by atoms with Crippen LogP contribution in [-0.4, -0.2) is 11.3 Å². The molecule has 2 nitrogen and oxygen atoms in total. The van der Waals surface area contributed by atoms with E-state index in [4.69, 9.17) is 0 Å². The zero-order chi connectivity index (χ0) is 9.97. The van der Waals surface area contributed by atoms with Crippen molar-refractivity contribution in [2.75, 3.05) is 0 Å². The highest BCUT2D eigenvalue weighted by Gasteiger charge is 2.22. The van der Waals surface area contributed by atoms with Crippen LogP contribution in [0.5, 0.6) is 0 Å². The maximum Gasteiger partial charge on any atom is 0.168 e. The molecule has 0 N–H and O–H groups in total. The van der Waals surface area contributed by atoms with Crippen LogP contribution in [0.2, 0.25) is 0 Å². The first kappa shape index (κ1) is 9.38. The van der Waals surface area contributed by atoms with Gasteiger partial charge in [0.05, 0.1) is 0 Å². The summed E-state index contributed by atoms with van der Waals surface area (Å²) in [5, 5.41) is 0. The van der Waals surface area contributed by atoms with E-state index in [9.17, 15) is 4.79 Å². The van der Waals surface area contributed by atoms with Crippen LogP contribution >= 0.6 is 0 Å². The van der Waals surface area contributed by atoms with E-state index in [2.05, 4.69) is 11.9 Å². The molecule has 0 aliphatic heterocycles. The zero-order valence-electron chi connectivity index (χ0n) is 8.49. The second kappa shape index (κ2) is 3.91. The molecule has 2 rings (SSSR count). The molecule has 14 heavy (non-hydrogen) atoms. The van der Waals surface area contributed by atoms with Gasteiger partial charge in [0.1, 0.15) is 5.69 Å². The van der Waals surface area contributed by atoms with Crippen molar-refractivity contribution in [2.45, 2.75) is 32.6 Å². The van der Waals surface area contributed by atoms with Crippen molar-refractivity contribution in [2.24, 2.45) is 5.92 Å². The summed E-state index contributed by atoms with van der Waals surface area (Å²) >= 11 is 0. The van der Waals surface area contributed by atoms with Crippen LogP contribution in [0.4, 0.5) is 0 Å². The molecular formula is C12H15NO. The highest BCUT2D eigenvalue weighted by Crippen LogP contribution is 2.33. The van der Waals surface area contributed by atoms with E-state index in [0.29, 0.717) is 5.69 Å². The standard InChI is InChI=1S/C12H15NO/c1-2-10-7-13-12(8-14)6-11(10)5-9-3-4-9/h6-9H,2-5H2,1H3. The summed E-state index contributed by atoms with van der Waals surface area (Å²) in [6.07, 6.45) is 7.52. The Bertz CT molecular complexity index is 342. The second-order valence-corrected chi connectivity index (χ2v) is 4.00. The van der Waals surface area contributed by atoms with E-state index >= 15 is 0 Å². The van der Waals surface area contributed by atoms with Crippen molar-refractivity contribution in [3.63, 3.8) is 0 Å². The Morgan fingerprint density at radius 1 is 1.50 bits per heavy atom. The Balaban J connectivity index is 2.26. The fourth-order valence-electron chi connectivity index (χ4n) is 1.75. The number of aromatic nitrogens is 1. The van der Waals surface area contributed by atoms with E-state index in [-0.39, 0.29) is 0 Å². The molecule has 1 heterocycles. The van der Waals surface area contributed by atoms with Crippen LogP contribution < -0.4 is 0 Å². The molecule has 0 bridgehead atoms. The van der Waals surface area contributed by atoms with Crippen LogP contribution in [-0.2, 0) is 12.8 Å². The predicted molar refractivity (Wildman–Crippen MR) is 55.4 cm³/mol. The van der Waals surface area contributed by atoms with Gasteiger partial charge in [-0.15, -0.1) is 0 Å². The molecule has 0 spiro atoms.